The van der Waals surface area contributed by atoms with E-state index >= 15 is 0 Å². The zero-order valence-corrected chi connectivity index (χ0v) is 15.6. The lowest BCUT2D eigenvalue weighted by atomic mass is 10.1. The van der Waals surface area contributed by atoms with Gasteiger partial charge in [-0.3, -0.25) is 0 Å². The van der Waals surface area contributed by atoms with Crippen LogP contribution < -0.4 is 0 Å². The van der Waals surface area contributed by atoms with E-state index in [4.69, 9.17) is 4.74 Å². The average molecular weight is 400 g/mol. The molecule has 0 unspecified atom stereocenters. The standard InChI is InChI=1S/C13H24Br2O2Si/c1-2-12(16)17-10-8-6-4-3-5-7-9-11-18-13(14)15/h2,13H,1,3-11,18H2. The van der Waals surface area contributed by atoms with Crippen LogP contribution >= 0.6 is 31.9 Å². The van der Waals surface area contributed by atoms with Crippen molar-refractivity contribution in [3.8, 4) is 0 Å². The molecule has 0 aliphatic heterocycles. The normalized spacial score (nSPS) is 11.3. The molecule has 0 aliphatic carbocycles. The first-order chi connectivity index (χ1) is 8.66. The van der Waals surface area contributed by atoms with E-state index in [2.05, 4.69) is 38.4 Å². The third kappa shape index (κ3) is 14.4. The van der Waals surface area contributed by atoms with Crippen molar-refractivity contribution in [3.63, 3.8) is 0 Å². The number of halogens is 2. The quantitative estimate of drug-likeness (QED) is 0.162. The molecule has 0 amide bonds. The summed E-state index contributed by atoms with van der Waals surface area (Å²) in [7, 11) is 0.0619. The number of unbranched alkanes of at least 4 members (excludes halogenated alkanes) is 6. The van der Waals surface area contributed by atoms with E-state index in [1.807, 2.05) is 0 Å². The molecule has 0 spiro atoms. The SMILES string of the molecule is C=CC(=O)OCCCCCCCCC[SiH2]C(Br)Br. The van der Waals surface area contributed by atoms with E-state index in [-0.39, 0.29) is 15.5 Å². The van der Waals surface area contributed by atoms with Crippen molar-refractivity contribution in [2.45, 2.75) is 54.3 Å². The molecule has 0 aromatic heterocycles. The maximum absolute atomic E-state index is 10.8. The van der Waals surface area contributed by atoms with Crippen molar-refractivity contribution in [1.29, 1.82) is 0 Å². The Bertz CT molecular complexity index is 223. The molecule has 0 aliphatic rings. The monoisotopic (exact) mass is 398 g/mol. The summed E-state index contributed by atoms with van der Waals surface area (Å²) in [6.45, 7) is 3.89. The fourth-order valence-electron chi connectivity index (χ4n) is 1.69. The van der Waals surface area contributed by atoms with E-state index in [0.717, 1.165) is 12.8 Å². The predicted octanol–water partition coefficient (Wildman–Crippen LogP) is 4.11. The van der Waals surface area contributed by atoms with Gasteiger partial charge in [-0.15, -0.1) is 0 Å². The third-order valence-corrected chi connectivity index (χ3v) is 6.82. The van der Waals surface area contributed by atoms with Crippen LogP contribution in [0.15, 0.2) is 12.7 Å². The first-order valence-corrected chi connectivity index (χ1v) is 10.4. The molecular formula is C13H24Br2O2Si. The van der Waals surface area contributed by atoms with Crippen LogP contribution in [0.2, 0.25) is 6.04 Å². The summed E-state index contributed by atoms with van der Waals surface area (Å²) >= 11 is 7.09. The first-order valence-electron chi connectivity index (χ1n) is 6.74. The van der Waals surface area contributed by atoms with Gasteiger partial charge in [0.1, 0.15) is 0 Å². The van der Waals surface area contributed by atoms with Crippen molar-refractivity contribution in [3.05, 3.63) is 12.7 Å². The fraction of sp³-hybridized carbons (Fsp3) is 0.769. The van der Waals surface area contributed by atoms with E-state index in [0.29, 0.717) is 9.97 Å². The smallest absolute Gasteiger partial charge is 0.330 e. The second-order valence-corrected chi connectivity index (χ2v) is 12.3. The molecule has 0 bridgehead atoms. The molecule has 0 rings (SSSR count). The van der Waals surface area contributed by atoms with Crippen LogP contribution in [0, 0.1) is 0 Å². The second-order valence-electron chi connectivity index (χ2n) is 4.38. The fourth-order valence-corrected chi connectivity index (χ4v) is 4.59. The lowest BCUT2D eigenvalue weighted by molar-refractivity contribution is -0.137. The summed E-state index contributed by atoms with van der Waals surface area (Å²) in [4.78, 5) is 10.8. The molecule has 0 heterocycles. The number of rotatable bonds is 12. The van der Waals surface area contributed by atoms with Crippen LogP contribution in [0.5, 0.6) is 0 Å². The molecule has 18 heavy (non-hydrogen) atoms. The van der Waals surface area contributed by atoms with Crippen LogP contribution in [0.4, 0.5) is 0 Å². The van der Waals surface area contributed by atoms with Gasteiger partial charge in [0, 0.05) is 15.6 Å². The van der Waals surface area contributed by atoms with Crippen molar-refractivity contribution in [2.75, 3.05) is 6.61 Å². The van der Waals surface area contributed by atoms with Gasteiger partial charge in [0.15, 0.2) is 0 Å². The van der Waals surface area contributed by atoms with Crippen molar-refractivity contribution >= 4 is 47.3 Å². The Kier molecular flexibility index (Phi) is 14.1. The van der Waals surface area contributed by atoms with Crippen LogP contribution in [0.1, 0.15) is 44.9 Å². The number of hydrogen-bond acceptors (Lipinski definition) is 2. The molecule has 0 saturated heterocycles. The highest BCUT2D eigenvalue weighted by molar-refractivity contribution is 9.25. The Morgan fingerprint density at radius 1 is 1.11 bits per heavy atom. The summed E-state index contributed by atoms with van der Waals surface area (Å²) in [6.07, 6.45) is 10.0. The van der Waals surface area contributed by atoms with Gasteiger partial charge in [-0.1, -0.05) is 83.0 Å². The first kappa shape index (κ1) is 18.4. The molecule has 0 aromatic rings. The van der Waals surface area contributed by atoms with Crippen molar-refractivity contribution < 1.29 is 9.53 Å². The molecule has 5 heteroatoms. The third-order valence-electron chi connectivity index (χ3n) is 2.73. The number of carbonyl (C=O) groups is 1. The summed E-state index contributed by atoms with van der Waals surface area (Å²) in [6, 6.07) is 1.43. The zero-order valence-electron chi connectivity index (χ0n) is 11.0. The van der Waals surface area contributed by atoms with Gasteiger partial charge < -0.3 is 4.74 Å². The topological polar surface area (TPSA) is 26.3 Å². The number of esters is 1. The van der Waals surface area contributed by atoms with Gasteiger partial charge in [-0.05, 0) is 6.42 Å². The van der Waals surface area contributed by atoms with E-state index in [1.165, 1.54) is 44.2 Å². The maximum atomic E-state index is 10.8. The van der Waals surface area contributed by atoms with Gasteiger partial charge in [-0.2, -0.15) is 0 Å². The Balaban J connectivity index is 3.03. The lowest BCUT2D eigenvalue weighted by Crippen LogP contribution is -2.01. The van der Waals surface area contributed by atoms with Crippen LogP contribution in [-0.4, -0.2) is 25.5 Å². The minimum absolute atomic E-state index is 0.0619. The lowest BCUT2D eigenvalue weighted by Gasteiger charge is -2.03. The van der Waals surface area contributed by atoms with Gasteiger partial charge in [0.05, 0.1) is 9.97 Å². The number of ether oxygens (including phenoxy) is 1. The highest BCUT2D eigenvalue weighted by Crippen LogP contribution is 2.12. The highest BCUT2D eigenvalue weighted by atomic mass is 79.9. The zero-order chi connectivity index (χ0) is 13.6. The summed E-state index contributed by atoms with van der Waals surface area (Å²) in [5.41, 5.74) is 0. The van der Waals surface area contributed by atoms with Gasteiger partial charge in [-0.25, -0.2) is 4.79 Å². The molecule has 0 radical (unpaired) electrons. The van der Waals surface area contributed by atoms with Crippen LogP contribution in [-0.2, 0) is 9.53 Å². The Morgan fingerprint density at radius 2 is 1.67 bits per heavy atom. The van der Waals surface area contributed by atoms with Gasteiger partial charge in [0.25, 0.3) is 0 Å². The maximum Gasteiger partial charge on any atom is 0.330 e. The molecule has 2 nitrogen and oxygen atoms in total. The molecule has 0 saturated carbocycles. The number of carbonyl (C=O) groups excluding carboxylic acids is 1. The largest absolute Gasteiger partial charge is 0.463 e. The van der Waals surface area contributed by atoms with Gasteiger partial charge in [0.2, 0.25) is 0 Å². The van der Waals surface area contributed by atoms with E-state index in [9.17, 15) is 4.79 Å². The average Bonchev–Trinajstić information content (AvgIpc) is 2.35. The van der Waals surface area contributed by atoms with E-state index < -0.39 is 0 Å². The Morgan fingerprint density at radius 3 is 2.22 bits per heavy atom. The molecule has 0 atom stereocenters. The van der Waals surface area contributed by atoms with Crippen LogP contribution in [0.25, 0.3) is 0 Å². The summed E-state index contributed by atoms with van der Waals surface area (Å²) < 4.78 is 5.53. The second kappa shape index (κ2) is 13.8. The summed E-state index contributed by atoms with van der Waals surface area (Å²) in [5.74, 6) is -0.309. The predicted molar refractivity (Wildman–Crippen MR) is 88.5 cm³/mol. The van der Waals surface area contributed by atoms with E-state index in [1.54, 1.807) is 0 Å². The Hall–Kier alpha value is 0.387. The van der Waals surface area contributed by atoms with Gasteiger partial charge >= 0.3 is 5.97 Å². The molecule has 0 aromatic carbocycles. The minimum Gasteiger partial charge on any atom is -0.463 e. The highest BCUT2D eigenvalue weighted by Gasteiger charge is 1.98. The number of hydrogen-bond donors (Lipinski definition) is 0. The molecular weight excluding hydrogens is 376 g/mol. The minimum atomic E-state index is -0.309. The number of alkyl halides is 2. The van der Waals surface area contributed by atoms with Crippen LogP contribution in [0.3, 0.4) is 0 Å². The Labute approximate surface area is 130 Å². The molecule has 0 N–H and O–H groups in total. The molecule has 106 valence electrons. The van der Waals surface area contributed by atoms with Crippen molar-refractivity contribution in [1.82, 2.24) is 0 Å². The summed E-state index contributed by atoms with van der Waals surface area (Å²) in [5, 5.41) is 0. The molecule has 0 fully saturated rings. The van der Waals surface area contributed by atoms with Crippen molar-refractivity contribution in [2.24, 2.45) is 0 Å².